The van der Waals surface area contributed by atoms with E-state index in [1.165, 1.54) is 11.1 Å². The van der Waals surface area contributed by atoms with Gasteiger partial charge >= 0.3 is 6.18 Å². The number of halogens is 3. The molecule has 5 heteroatoms. The predicted octanol–water partition coefficient (Wildman–Crippen LogP) is 5.03. The number of anilines is 1. The second-order valence-corrected chi connectivity index (χ2v) is 5.39. The van der Waals surface area contributed by atoms with Crippen molar-refractivity contribution in [2.45, 2.75) is 19.0 Å². The molecule has 23 heavy (non-hydrogen) atoms. The van der Waals surface area contributed by atoms with Gasteiger partial charge in [-0.05, 0) is 24.6 Å². The van der Waals surface area contributed by atoms with Gasteiger partial charge in [-0.3, -0.25) is 0 Å². The maximum Gasteiger partial charge on any atom is 0.432 e. The van der Waals surface area contributed by atoms with E-state index in [0.29, 0.717) is 11.3 Å². The maximum absolute atomic E-state index is 13.5. The Morgan fingerprint density at radius 1 is 0.957 bits per heavy atom. The highest BCUT2D eigenvalue weighted by atomic mass is 19.4. The molecule has 0 bridgehead atoms. The Morgan fingerprint density at radius 2 is 1.61 bits per heavy atom. The van der Waals surface area contributed by atoms with Crippen molar-refractivity contribution in [1.29, 1.82) is 0 Å². The van der Waals surface area contributed by atoms with E-state index in [0.717, 1.165) is 5.56 Å². The lowest BCUT2D eigenvalue weighted by Gasteiger charge is -2.27. The van der Waals surface area contributed by atoms with Gasteiger partial charge in [-0.15, -0.1) is 0 Å². The maximum atomic E-state index is 13.5. The van der Waals surface area contributed by atoms with Gasteiger partial charge in [0.15, 0.2) is 5.71 Å². The Kier molecular flexibility index (Phi) is 3.94. The fraction of sp³-hybridized carbons (Fsp3) is 0.167. The lowest BCUT2D eigenvalue weighted by atomic mass is 9.92. The summed E-state index contributed by atoms with van der Waals surface area (Å²) in [5.41, 5.74) is 1.36. The molecular formula is C18H15F3N2. The number of para-hydroxylation sites is 1. The van der Waals surface area contributed by atoms with Gasteiger partial charge in [0.05, 0.1) is 11.6 Å². The van der Waals surface area contributed by atoms with Gasteiger partial charge in [0.25, 0.3) is 0 Å². The van der Waals surface area contributed by atoms with E-state index in [4.69, 9.17) is 0 Å². The third-order valence-electron chi connectivity index (χ3n) is 3.68. The van der Waals surface area contributed by atoms with Gasteiger partial charge in [0.1, 0.15) is 0 Å². The summed E-state index contributed by atoms with van der Waals surface area (Å²) >= 11 is 0. The van der Waals surface area contributed by atoms with Gasteiger partial charge in [-0.1, -0.05) is 54.1 Å². The minimum atomic E-state index is -4.49. The average molecular weight is 316 g/mol. The van der Waals surface area contributed by atoms with Gasteiger partial charge < -0.3 is 0 Å². The molecule has 0 spiro atoms. The first-order valence-corrected chi connectivity index (χ1v) is 7.20. The first-order chi connectivity index (χ1) is 10.9. The van der Waals surface area contributed by atoms with Crippen molar-refractivity contribution in [2.75, 3.05) is 5.01 Å². The molecule has 2 aromatic carbocycles. The number of hydrogen-bond acceptors (Lipinski definition) is 2. The van der Waals surface area contributed by atoms with Crippen molar-refractivity contribution in [3.05, 3.63) is 78.0 Å². The van der Waals surface area contributed by atoms with E-state index in [2.05, 4.69) is 5.10 Å². The molecule has 0 radical (unpaired) electrons. The topological polar surface area (TPSA) is 15.6 Å². The van der Waals surface area contributed by atoms with Crippen molar-refractivity contribution in [1.82, 2.24) is 0 Å². The molecule has 0 amide bonds. The average Bonchev–Trinajstić information content (AvgIpc) is 2.55. The lowest BCUT2D eigenvalue weighted by molar-refractivity contribution is -0.0611. The normalized spacial score (nSPS) is 18.0. The number of allylic oxidation sites excluding steroid dienone is 1. The predicted molar refractivity (Wildman–Crippen MR) is 85.5 cm³/mol. The molecule has 0 N–H and O–H groups in total. The molecular weight excluding hydrogens is 301 g/mol. The molecule has 118 valence electrons. The highest BCUT2D eigenvalue weighted by Crippen LogP contribution is 2.34. The zero-order valence-electron chi connectivity index (χ0n) is 12.5. The number of rotatable bonds is 2. The van der Waals surface area contributed by atoms with Crippen molar-refractivity contribution in [3.8, 4) is 0 Å². The zero-order valence-corrected chi connectivity index (χ0v) is 12.5. The van der Waals surface area contributed by atoms with E-state index in [1.54, 1.807) is 60.8 Å². The van der Waals surface area contributed by atoms with E-state index in [1.807, 2.05) is 6.92 Å². The molecule has 0 aromatic heterocycles. The molecule has 1 aliphatic heterocycles. The second-order valence-electron chi connectivity index (χ2n) is 5.39. The van der Waals surface area contributed by atoms with Crippen LogP contribution in [-0.4, -0.2) is 11.9 Å². The first kappa shape index (κ1) is 15.3. The van der Waals surface area contributed by atoms with Crippen molar-refractivity contribution < 1.29 is 13.2 Å². The first-order valence-electron chi connectivity index (χ1n) is 7.20. The minimum absolute atomic E-state index is 0.579. The molecule has 1 heterocycles. The standard InChI is InChI=1S/C18H15F3N2/c1-13-7-9-14(10-8-13)16-11-12-23(15-5-3-2-4-6-15)22-17(16)18(19,20)21/h2-12,16H,1H3. The summed E-state index contributed by atoms with van der Waals surface area (Å²) in [4.78, 5) is 0. The summed E-state index contributed by atoms with van der Waals surface area (Å²) in [6.07, 6.45) is -1.38. The second kappa shape index (κ2) is 5.91. The molecule has 1 aliphatic rings. The van der Waals surface area contributed by atoms with Crippen LogP contribution in [0, 0.1) is 6.92 Å². The van der Waals surface area contributed by atoms with Crippen molar-refractivity contribution in [3.63, 3.8) is 0 Å². The molecule has 0 saturated carbocycles. The smallest absolute Gasteiger partial charge is 0.241 e. The lowest BCUT2D eigenvalue weighted by Crippen LogP contribution is -2.34. The van der Waals surface area contributed by atoms with Crippen molar-refractivity contribution >= 4 is 11.4 Å². The summed E-state index contributed by atoms with van der Waals surface area (Å²) in [7, 11) is 0. The number of alkyl halides is 3. The Bertz CT molecular complexity index is 731. The van der Waals surface area contributed by atoms with E-state index in [-0.39, 0.29) is 0 Å². The molecule has 3 rings (SSSR count). The fourth-order valence-electron chi connectivity index (χ4n) is 2.47. The molecule has 0 fully saturated rings. The number of aryl methyl sites for hydroxylation is 1. The van der Waals surface area contributed by atoms with Gasteiger partial charge in [0.2, 0.25) is 0 Å². The van der Waals surface area contributed by atoms with Crippen LogP contribution in [-0.2, 0) is 0 Å². The summed E-state index contributed by atoms with van der Waals surface area (Å²) in [5.74, 6) is -0.893. The third-order valence-corrected chi connectivity index (χ3v) is 3.68. The van der Waals surface area contributed by atoms with Crippen LogP contribution in [0.2, 0.25) is 0 Å². The van der Waals surface area contributed by atoms with Crippen LogP contribution < -0.4 is 5.01 Å². The van der Waals surface area contributed by atoms with Gasteiger partial charge in [-0.2, -0.15) is 18.3 Å². The summed E-state index contributed by atoms with van der Waals surface area (Å²) in [6, 6.07) is 15.8. The van der Waals surface area contributed by atoms with Crippen LogP contribution in [0.15, 0.2) is 72.0 Å². The van der Waals surface area contributed by atoms with E-state index >= 15 is 0 Å². The Hall–Kier alpha value is -2.56. The fourth-order valence-corrected chi connectivity index (χ4v) is 2.47. The monoisotopic (exact) mass is 316 g/mol. The van der Waals surface area contributed by atoms with Crippen molar-refractivity contribution in [2.24, 2.45) is 5.10 Å². The van der Waals surface area contributed by atoms with Crippen LogP contribution in [0.1, 0.15) is 17.0 Å². The molecule has 2 nitrogen and oxygen atoms in total. The largest absolute Gasteiger partial charge is 0.432 e. The number of nitrogens with zero attached hydrogens (tertiary/aromatic N) is 2. The van der Waals surface area contributed by atoms with E-state index < -0.39 is 17.8 Å². The third kappa shape index (κ3) is 3.28. The quantitative estimate of drug-likeness (QED) is 0.758. The Labute approximate surface area is 132 Å². The highest BCUT2D eigenvalue weighted by Gasteiger charge is 2.42. The van der Waals surface area contributed by atoms with Crippen LogP contribution >= 0.6 is 0 Å². The summed E-state index contributed by atoms with van der Waals surface area (Å²) in [5, 5.41) is 5.10. The van der Waals surface area contributed by atoms with Gasteiger partial charge in [0, 0.05) is 6.20 Å². The van der Waals surface area contributed by atoms with Crippen LogP contribution in [0.25, 0.3) is 0 Å². The zero-order chi connectivity index (χ0) is 16.4. The molecule has 2 aromatic rings. The number of hydrogen-bond donors (Lipinski definition) is 0. The van der Waals surface area contributed by atoms with Crippen LogP contribution in [0.5, 0.6) is 0 Å². The Balaban J connectivity index is 2.00. The summed E-state index contributed by atoms with van der Waals surface area (Å²) in [6.45, 7) is 1.90. The number of benzene rings is 2. The van der Waals surface area contributed by atoms with Gasteiger partial charge in [-0.25, -0.2) is 5.01 Å². The Morgan fingerprint density at radius 3 is 2.22 bits per heavy atom. The number of hydrazone groups is 1. The summed E-state index contributed by atoms with van der Waals surface area (Å²) < 4.78 is 40.4. The highest BCUT2D eigenvalue weighted by molar-refractivity contribution is 5.98. The minimum Gasteiger partial charge on any atom is -0.241 e. The SMILES string of the molecule is Cc1ccc(C2C=CN(c3ccccc3)N=C2C(F)(F)F)cc1. The molecule has 1 atom stereocenters. The molecule has 0 aliphatic carbocycles. The van der Waals surface area contributed by atoms with E-state index in [9.17, 15) is 13.2 Å². The van der Waals surface area contributed by atoms with Crippen LogP contribution in [0.3, 0.4) is 0 Å². The molecule has 1 unspecified atom stereocenters. The van der Waals surface area contributed by atoms with Crippen LogP contribution in [0.4, 0.5) is 18.9 Å². The molecule has 0 saturated heterocycles.